The largest absolute Gasteiger partial charge is 0.506 e. The zero-order chi connectivity index (χ0) is 24.0. The van der Waals surface area contributed by atoms with Crippen LogP contribution in [0.25, 0.3) is 0 Å². The molecule has 5 rings (SSSR count). The molecule has 2 aliphatic heterocycles. The topological polar surface area (TPSA) is 79.3 Å². The third-order valence-corrected chi connectivity index (χ3v) is 6.41. The second-order valence-corrected chi connectivity index (χ2v) is 8.77. The molecule has 0 aliphatic carbocycles. The first-order valence-electron chi connectivity index (χ1n) is 10.7. The summed E-state index contributed by atoms with van der Waals surface area (Å²) < 4.78 is 5.45. The van der Waals surface area contributed by atoms with Gasteiger partial charge >= 0.3 is 0 Å². The van der Waals surface area contributed by atoms with E-state index in [-0.39, 0.29) is 15.8 Å². The Morgan fingerprint density at radius 3 is 2.35 bits per heavy atom. The Balaban J connectivity index is 1.58. The van der Waals surface area contributed by atoms with Gasteiger partial charge in [-0.05, 0) is 55.5 Å². The molecule has 3 aromatic carbocycles. The first kappa shape index (κ1) is 22.5. The van der Waals surface area contributed by atoms with Gasteiger partial charge in [-0.3, -0.25) is 14.4 Å². The SMILES string of the molecule is CCOc1ccc(N2C(=O)[C@H]3[C@@H](ON(c4ccccc4)[C@H]3c3cc(Cl)cc(Cl)c3O)C2=O)cc1. The van der Waals surface area contributed by atoms with Crippen LogP contribution in [0.15, 0.2) is 66.7 Å². The number of rotatable bonds is 5. The lowest BCUT2D eigenvalue weighted by atomic mass is 9.90. The first-order valence-corrected chi connectivity index (χ1v) is 11.5. The van der Waals surface area contributed by atoms with Gasteiger partial charge in [-0.15, -0.1) is 0 Å². The van der Waals surface area contributed by atoms with Crippen molar-refractivity contribution in [3.8, 4) is 11.5 Å². The van der Waals surface area contributed by atoms with Crippen LogP contribution in [-0.4, -0.2) is 29.6 Å². The number of para-hydroxylation sites is 1. The fraction of sp³-hybridized carbons (Fsp3) is 0.200. The molecule has 0 radical (unpaired) electrons. The Bertz CT molecular complexity index is 1250. The maximum Gasteiger partial charge on any atom is 0.266 e. The molecule has 174 valence electrons. The number of fused-ring (bicyclic) bond motifs is 1. The molecule has 3 aromatic rings. The molecule has 2 saturated heterocycles. The van der Waals surface area contributed by atoms with Crippen molar-refractivity contribution < 1.29 is 24.3 Å². The molecule has 7 nitrogen and oxygen atoms in total. The number of carbonyl (C=O) groups excluding carboxylic acids is 2. The molecule has 2 amide bonds. The molecule has 2 aliphatic rings. The summed E-state index contributed by atoms with van der Waals surface area (Å²) in [5.41, 5.74) is 1.32. The van der Waals surface area contributed by atoms with Gasteiger partial charge in [0.15, 0.2) is 6.10 Å². The smallest absolute Gasteiger partial charge is 0.266 e. The number of nitrogens with zero attached hydrogens (tertiary/aromatic N) is 2. The number of phenols is 1. The summed E-state index contributed by atoms with van der Waals surface area (Å²) >= 11 is 12.4. The van der Waals surface area contributed by atoms with E-state index in [1.807, 2.05) is 25.1 Å². The lowest BCUT2D eigenvalue weighted by molar-refractivity contribution is -0.126. The molecular weight excluding hydrogens is 479 g/mol. The van der Waals surface area contributed by atoms with Crippen molar-refractivity contribution in [1.82, 2.24) is 0 Å². The molecule has 34 heavy (non-hydrogen) atoms. The van der Waals surface area contributed by atoms with E-state index in [2.05, 4.69) is 0 Å². The Morgan fingerprint density at radius 2 is 1.68 bits per heavy atom. The number of anilines is 2. The van der Waals surface area contributed by atoms with Crippen molar-refractivity contribution in [3.63, 3.8) is 0 Å². The molecule has 0 unspecified atom stereocenters. The number of imide groups is 1. The second-order valence-electron chi connectivity index (χ2n) is 7.92. The van der Waals surface area contributed by atoms with Crippen molar-refractivity contribution in [2.24, 2.45) is 5.92 Å². The van der Waals surface area contributed by atoms with E-state index >= 15 is 0 Å². The van der Waals surface area contributed by atoms with Gasteiger partial charge in [0.05, 0.1) is 29.0 Å². The number of hydroxylamine groups is 1. The summed E-state index contributed by atoms with van der Waals surface area (Å²) in [5, 5.41) is 12.6. The number of aromatic hydroxyl groups is 1. The summed E-state index contributed by atoms with van der Waals surface area (Å²) in [4.78, 5) is 34.2. The van der Waals surface area contributed by atoms with Crippen LogP contribution in [0.2, 0.25) is 10.0 Å². The fourth-order valence-electron chi connectivity index (χ4n) is 4.45. The molecule has 0 bridgehead atoms. The summed E-state index contributed by atoms with van der Waals surface area (Å²) in [6.07, 6.45) is -1.08. The molecule has 9 heteroatoms. The third kappa shape index (κ3) is 3.66. The Kier molecular flexibility index (Phi) is 5.85. The lowest BCUT2D eigenvalue weighted by Gasteiger charge is -2.29. The average molecular weight is 499 g/mol. The predicted molar refractivity (Wildman–Crippen MR) is 128 cm³/mol. The van der Waals surface area contributed by atoms with Crippen LogP contribution in [0, 0.1) is 5.92 Å². The summed E-state index contributed by atoms with van der Waals surface area (Å²) in [6.45, 7) is 2.37. The summed E-state index contributed by atoms with van der Waals surface area (Å²) in [6, 6.07) is 17.8. The molecular formula is C25H20Cl2N2O5. The van der Waals surface area contributed by atoms with Crippen LogP contribution in [-0.2, 0) is 14.4 Å². The number of hydrogen-bond acceptors (Lipinski definition) is 6. The van der Waals surface area contributed by atoms with E-state index in [1.54, 1.807) is 36.4 Å². The number of phenolic OH excluding ortho intramolecular Hbond substituents is 1. The van der Waals surface area contributed by atoms with Crippen molar-refractivity contribution in [3.05, 3.63) is 82.3 Å². The minimum Gasteiger partial charge on any atom is -0.506 e. The standard InChI is InChI=1S/C25H20Cl2N2O5/c1-2-33-17-10-8-15(9-11-17)28-24(31)20-21(18-12-14(26)13-19(27)22(18)30)29(34-23(20)25(28)32)16-6-4-3-5-7-16/h3-13,20-21,23,30H,2H2,1H3/t20-,21+,23-/m1/s1. The number of halogens is 2. The maximum atomic E-state index is 13.7. The number of benzene rings is 3. The van der Waals surface area contributed by atoms with Crippen LogP contribution >= 0.6 is 23.2 Å². The average Bonchev–Trinajstić information content (AvgIpc) is 3.34. The highest BCUT2D eigenvalue weighted by molar-refractivity contribution is 6.35. The van der Waals surface area contributed by atoms with E-state index in [0.29, 0.717) is 29.3 Å². The van der Waals surface area contributed by atoms with E-state index < -0.39 is 29.9 Å². The van der Waals surface area contributed by atoms with Gasteiger partial charge in [0.25, 0.3) is 5.91 Å². The van der Waals surface area contributed by atoms with E-state index in [9.17, 15) is 14.7 Å². The Labute approximate surface area is 206 Å². The monoisotopic (exact) mass is 498 g/mol. The maximum absolute atomic E-state index is 13.7. The normalized spacial score (nSPS) is 21.8. The molecule has 3 atom stereocenters. The minimum absolute atomic E-state index is 0.0408. The lowest BCUT2D eigenvalue weighted by Crippen LogP contribution is -2.37. The third-order valence-electron chi connectivity index (χ3n) is 5.91. The number of ether oxygens (including phenoxy) is 1. The summed E-state index contributed by atoms with van der Waals surface area (Å²) in [7, 11) is 0. The van der Waals surface area contributed by atoms with Gasteiger partial charge in [-0.2, -0.15) is 0 Å². The van der Waals surface area contributed by atoms with Crippen molar-refractivity contribution in [1.29, 1.82) is 0 Å². The van der Waals surface area contributed by atoms with Crippen molar-refractivity contribution in [2.45, 2.75) is 19.1 Å². The number of hydrogen-bond donors (Lipinski definition) is 1. The van der Waals surface area contributed by atoms with Crippen LogP contribution in [0.1, 0.15) is 18.5 Å². The zero-order valence-corrected chi connectivity index (χ0v) is 19.5. The van der Waals surface area contributed by atoms with Crippen LogP contribution in [0.4, 0.5) is 11.4 Å². The zero-order valence-electron chi connectivity index (χ0n) is 18.0. The number of amides is 2. The molecule has 0 spiro atoms. The number of carbonyl (C=O) groups is 2. The van der Waals surface area contributed by atoms with E-state index in [0.717, 1.165) is 4.90 Å². The van der Waals surface area contributed by atoms with Crippen molar-refractivity contribution in [2.75, 3.05) is 16.6 Å². The van der Waals surface area contributed by atoms with E-state index in [4.69, 9.17) is 32.8 Å². The van der Waals surface area contributed by atoms with Gasteiger partial charge in [0.2, 0.25) is 5.91 Å². The highest BCUT2D eigenvalue weighted by Crippen LogP contribution is 2.51. The highest BCUT2D eigenvalue weighted by atomic mass is 35.5. The van der Waals surface area contributed by atoms with Gasteiger partial charge in [-0.25, -0.2) is 9.96 Å². The van der Waals surface area contributed by atoms with Gasteiger partial charge in [0.1, 0.15) is 17.4 Å². The van der Waals surface area contributed by atoms with E-state index in [1.165, 1.54) is 17.2 Å². The fourth-order valence-corrected chi connectivity index (χ4v) is 4.96. The molecule has 1 N–H and O–H groups in total. The molecule has 2 heterocycles. The highest BCUT2D eigenvalue weighted by Gasteiger charge is 2.60. The Hall–Kier alpha value is -3.26. The van der Waals surface area contributed by atoms with Crippen LogP contribution in [0.3, 0.4) is 0 Å². The minimum atomic E-state index is -1.08. The van der Waals surface area contributed by atoms with Gasteiger partial charge in [-0.1, -0.05) is 41.4 Å². The van der Waals surface area contributed by atoms with Gasteiger partial charge < -0.3 is 9.84 Å². The van der Waals surface area contributed by atoms with Crippen LogP contribution < -0.4 is 14.7 Å². The molecule has 0 saturated carbocycles. The first-order chi connectivity index (χ1) is 16.4. The quantitative estimate of drug-likeness (QED) is 0.490. The summed E-state index contributed by atoms with van der Waals surface area (Å²) in [5.74, 6) is -1.46. The van der Waals surface area contributed by atoms with Gasteiger partial charge in [0, 0.05) is 10.6 Å². The second kappa shape index (κ2) is 8.83. The Morgan fingerprint density at radius 1 is 0.971 bits per heavy atom. The predicted octanol–water partition coefficient (Wildman–Crippen LogP) is 5.15. The van der Waals surface area contributed by atoms with Crippen LogP contribution in [0.5, 0.6) is 11.5 Å². The molecule has 2 fully saturated rings. The van der Waals surface area contributed by atoms with Crippen molar-refractivity contribution >= 4 is 46.4 Å². The molecule has 0 aromatic heterocycles.